The second kappa shape index (κ2) is 2.48. The second-order valence-corrected chi connectivity index (χ2v) is 5.02. The first-order chi connectivity index (χ1) is 3.06. The molecule has 0 aliphatic carbocycles. The van der Waals surface area contributed by atoms with E-state index in [4.69, 9.17) is 5.73 Å². The minimum atomic E-state index is 0.189. The maximum Gasteiger partial charge on any atom is 0.0274 e. The van der Waals surface area contributed by atoms with Gasteiger partial charge in [-0.3, -0.25) is 0 Å². The van der Waals surface area contributed by atoms with Crippen LogP contribution in [0.25, 0.3) is 0 Å². The Bertz CT molecular complexity index is 46.5. The maximum absolute atomic E-state index is 5.71. The molecule has 0 aliphatic heterocycles. The fourth-order valence-electron chi connectivity index (χ4n) is 0.644. The summed E-state index contributed by atoms with van der Waals surface area (Å²) in [6.45, 7) is 4.28. The van der Waals surface area contributed by atoms with Crippen LogP contribution in [0, 0.1) is 0 Å². The number of rotatable bonds is 2. The molecule has 0 amide bonds. The lowest BCUT2D eigenvalue weighted by Crippen LogP contribution is -2.35. The van der Waals surface area contributed by atoms with Gasteiger partial charge in [0.1, 0.15) is 0 Å². The van der Waals surface area contributed by atoms with Crippen molar-refractivity contribution in [2.75, 3.05) is 0 Å². The average molecular weight is 117 g/mol. The third-order valence-corrected chi connectivity index (χ3v) is 1.39. The molecule has 0 saturated carbocycles. The molecular weight excluding hydrogens is 102 g/mol. The highest BCUT2D eigenvalue weighted by Gasteiger charge is 2.06. The van der Waals surface area contributed by atoms with Crippen LogP contribution in [0.5, 0.6) is 0 Å². The third kappa shape index (κ3) is 6.18. The summed E-state index contributed by atoms with van der Waals surface area (Å²) in [7, 11) is 1.12. The summed E-state index contributed by atoms with van der Waals surface area (Å²) < 4.78 is 0. The Hall–Kier alpha value is 0.177. The van der Waals surface area contributed by atoms with Crippen molar-refractivity contribution in [3.8, 4) is 0 Å². The zero-order valence-corrected chi connectivity index (χ0v) is 7.49. The largest absolute Gasteiger partial charge is 0.329 e. The van der Waals surface area contributed by atoms with E-state index in [1.54, 1.807) is 0 Å². The van der Waals surface area contributed by atoms with Crippen molar-refractivity contribution in [1.82, 2.24) is 0 Å². The van der Waals surface area contributed by atoms with Crippen molar-refractivity contribution in [3.63, 3.8) is 0 Å². The van der Waals surface area contributed by atoms with Crippen molar-refractivity contribution in [2.24, 2.45) is 5.73 Å². The van der Waals surface area contributed by atoms with Crippen LogP contribution in [0.4, 0.5) is 0 Å². The molecule has 0 aromatic carbocycles. The summed E-state index contributed by atoms with van der Waals surface area (Å²) >= 11 is 0. The van der Waals surface area contributed by atoms with E-state index in [2.05, 4.69) is 13.8 Å². The summed E-state index contributed by atoms with van der Waals surface area (Å²) in [5, 5.41) is 0.189. The number of nitrogens with two attached hydrogens (primary N) is 1. The molecule has 0 spiro atoms. The molecule has 0 saturated heterocycles. The fourth-order valence-corrected chi connectivity index (χ4v) is 1.14. The quantitative estimate of drug-likeness (QED) is 0.499. The molecule has 0 aliphatic rings. The average Bonchev–Trinajstić information content (AvgIpc) is 1.30. The maximum atomic E-state index is 5.71. The second-order valence-electron chi connectivity index (χ2n) is 2.74. The van der Waals surface area contributed by atoms with Crippen LogP contribution in [0.3, 0.4) is 0 Å². The highest BCUT2D eigenvalue weighted by atomic mass is 28.1. The molecule has 0 radical (unpaired) electrons. The van der Waals surface area contributed by atoms with Crippen molar-refractivity contribution < 1.29 is 0 Å². The number of hydrogen-bond donors (Lipinski definition) is 1. The topological polar surface area (TPSA) is 26.0 Å². The van der Waals surface area contributed by atoms with Crippen LogP contribution < -0.4 is 5.73 Å². The Morgan fingerprint density at radius 3 is 2.14 bits per heavy atom. The molecule has 0 heterocycles. The third-order valence-electron chi connectivity index (χ3n) is 0.894. The molecule has 0 fully saturated rings. The van der Waals surface area contributed by atoms with E-state index < -0.39 is 0 Å². The first kappa shape index (κ1) is 7.18. The van der Waals surface area contributed by atoms with E-state index in [1.807, 2.05) is 0 Å². The van der Waals surface area contributed by atoms with E-state index in [0.717, 1.165) is 10.2 Å². The van der Waals surface area contributed by atoms with Crippen LogP contribution in [-0.2, 0) is 0 Å². The molecule has 0 bridgehead atoms. The Morgan fingerprint density at radius 2 is 2.14 bits per heavy atom. The highest BCUT2D eigenvalue weighted by molar-refractivity contribution is 6.14. The predicted octanol–water partition coefficient (Wildman–Crippen LogP) is -0.173. The monoisotopic (exact) mass is 117 g/mol. The molecule has 2 N–H and O–H groups in total. The standard InChI is InChI=1S/C5H15NSi/c1-3-4-5(2,6)7/h3-4,6H2,1-2,7H3/t5-/m0/s1. The minimum absolute atomic E-state index is 0.189. The molecule has 44 valence electrons. The molecule has 2 heteroatoms. The molecule has 1 nitrogen and oxygen atoms in total. The van der Waals surface area contributed by atoms with Crippen molar-refractivity contribution in [3.05, 3.63) is 0 Å². The van der Waals surface area contributed by atoms with Crippen molar-refractivity contribution in [2.45, 2.75) is 31.9 Å². The highest BCUT2D eigenvalue weighted by Crippen LogP contribution is 2.00. The SMILES string of the molecule is CCC[C@@](C)(N)[SiH3]. The smallest absolute Gasteiger partial charge is 0.0274 e. The zero-order valence-electron chi connectivity index (χ0n) is 5.49. The predicted molar refractivity (Wildman–Crippen MR) is 37.4 cm³/mol. The lowest BCUT2D eigenvalue weighted by molar-refractivity contribution is 0.587. The first-order valence-corrected chi connectivity index (χ1v) is 3.85. The van der Waals surface area contributed by atoms with Crippen molar-refractivity contribution >= 4 is 10.2 Å². The summed E-state index contributed by atoms with van der Waals surface area (Å²) in [4.78, 5) is 0. The summed E-state index contributed by atoms with van der Waals surface area (Å²) in [6.07, 6.45) is 2.40. The molecule has 1 atom stereocenters. The van der Waals surface area contributed by atoms with Gasteiger partial charge in [-0.2, -0.15) is 0 Å². The minimum Gasteiger partial charge on any atom is -0.329 e. The first-order valence-electron chi connectivity index (χ1n) is 2.85. The summed E-state index contributed by atoms with van der Waals surface area (Å²) in [5.74, 6) is 0. The van der Waals surface area contributed by atoms with Gasteiger partial charge in [0.2, 0.25) is 0 Å². The van der Waals surface area contributed by atoms with Gasteiger partial charge < -0.3 is 5.73 Å². The van der Waals surface area contributed by atoms with Crippen LogP contribution in [0.1, 0.15) is 26.7 Å². The van der Waals surface area contributed by atoms with Gasteiger partial charge in [-0.05, 0) is 11.6 Å². The fraction of sp³-hybridized carbons (Fsp3) is 1.00. The molecule has 7 heavy (non-hydrogen) atoms. The number of hydrogen-bond acceptors (Lipinski definition) is 1. The zero-order chi connectivity index (χ0) is 5.91. The normalized spacial score (nSPS) is 19.3. The van der Waals surface area contributed by atoms with E-state index in [9.17, 15) is 0 Å². The van der Waals surface area contributed by atoms with E-state index in [-0.39, 0.29) is 5.16 Å². The van der Waals surface area contributed by atoms with Crippen LogP contribution in [0.15, 0.2) is 0 Å². The Kier molecular flexibility index (Phi) is 2.54. The van der Waals surface area contributed by atoms with Gasteiger partial charge in [0.05, 0.1) is 0 Å². The van der Waals surface area contributed by atoms with Gasteiger partial charge in [-0.1, -0.05) is 20.3 Å². The van der Waals surface area contributed by atoms with E-state index in [0.29, 0.717) is 0 Å². The van der Waals surface area contributed by atoms with Gasteiger partial charge in [-0.15, -0.1) is 0 Å². The van der Waals surface area contributed by atoms with Gasteiger partial charge >= 0.3 is 0 Å². The van der Waals surface area contributed by atoms with E-state index in [1.165, 1.54) is 12.8 Å². The lowest BCUT2D eigenvalue weighted by Gasteiger charge is -2.15. The lowest BCUT2D eigenvalue weighted by atomic mass is 10.2. The Labute approximate surface area is 48.7 Å². The van der Waals surface area contributed by atoms with Crippen LogP contribution in [-0.4, -0.2) is 15.4 Å². The van der Waals surface area contributed by atoms with Gasteiger partial charge in [-0.25, -0.2) is 0 Å². The van der Waals surface area contributed by atoms with Crippen molar-refractivity contribution in [1.29, 1.82) is 0 Å². The van der Waals surface area contributed by atoms with Crippen LogP contribution in [0.2, 0.25) is 0 Å². The van der Waals surface area contributed by atoms with Gasteiger partial charge in [0.25, 0.3) is 0 Å². The summed E-state index contributed by atoms with van der Waals surface area (Å²) in [5.41, 5.74) is 5.71. The molecule has 0 aromatic rings. The van der Waals surface area contributed by atoms with Gasteiger partial charge in [0, 0.05) is 10.2 Å². The summed E-state index contributed by atoms with van der Waals surface area (Å²) in [6, 6.07) is 0. The van der Waals surface area contributed by atoms with E-state index >= 15 is 0 Å². The molecular formula is C5H15NSi. The van der Waals surface area contributed by atoms with Gasteiger partial charge in [0.15, 0.2) is 0 Å². The molecule has 0 aromatic heterocycles. The molecule has 0 unspecified atom stereocenters. The Morgan fingerprint density at radius 1 is 1.71 bits per heavy atom. The van der Waals surface area contributed by atoms with Crippen LogP contribution >= 0.6 is 0 Å². The molecule has 0 rings (SSSR count). The Balaban J connectivity index is 3.15.